The number of sulfonamides is 1. The van der Waals surface area contributed by atoms with E-state index in [0.29, 0.717) is 62.7 Å². The Morgan fingerprint density at radius 1 is 1.09 bits per heavy atom. The van der Waals surface area contributed by atoms with Crippen LogP contribution in [0.2, 0.25) is 0 Å². The molecule has 11 heteroatoms. The highest BCUT2D eigenvalue weighted by molar-refractivity contribution is 7.89. The maximum Gasteiger partial charge on any atom is 0.255 e. The van der Waals surface area contributed by atoms with Crippen LogP contribution in [-0.2, 0) is 21.3 Å². The van der Waals surface area contributed by atoms with Crippen LogP contribution < -0.4 is 10.2 Å². The highest BCUT2D eigenvalue weighted by Crippen LogP contribution is 2.31. The molecule has 34 heavy (non-hydrogen) atoms. The van der Waals surface area contributed by atoms with Gasteiger partial charge in [0.15, 0.2) is 0 Å². The lowest BCUT2D eigenvalue weighted by atomic mass is 10.1. The Morgan fingerprint density at radius 3 is 2.50 bits per heavy atom. The van der Waals surface area contributed by atoms with Gasteiger partial charge in [-0.2, -0.15) is 4.31 Å². The third-order valence-electron chi connectivity index (χ3n) is 6.00. The average molecular weight is 487 g/mol. The molecule has 0 saturated carbocycles. The second-order valence-corrected chi connectivity index (χ2v) is 9.87. The topological polar surface area (TPSA) is 110 Å². The van der Waals surface area contributed by atoms with Crippen LogP contribution in [0.3, 0.4) is 0 Å². The molecule has 1 N–H and O–H groups in total. The third-order valence-corrected chi connectivity index (χ3v) is 7.90. The number of nitrogens with one attached hydrogen (secondary N) is 1. The maximum atomic E-state index is 13.2. The van der Waals surface area contributed by atoms with Crippen LogP contribution in [0.5, 0.6) is 0 Å². The van der Waals surface area contributed by atoms with E-state index in [4.69, 9.17) is 4.74 Å². The number of rotatable bonds is 8. The van der Waals surface area contributed by atoms with E-state index >= 15 is 0 Å². The molecule has 182 valence electrons. The molecule has 0 radical (unpaired) electrons. The minimum atomic E-state index is -3.71. The van der Waals surface area contributed by atoms with Gasteiger partial charge in [0.05, 0.1) is 35.0 Å². The first kappa shape index (κ1) is 24.1. The number of carbonyl (C=O) groups is 1. The number of fused-ring (bicyclic) bond motifs is 1. The lowest BCUT2D eigenvalue weighted by Crippen LogP contribution is -2.40. The molecule has 0 spiro atoms. The number of morpholine rings is 1. The van der Waals surface area contributed by atoms with Crippen LogP contribution in [0.25, 0.3) is 11.0 Å². The molecule has 1 fully saturated rings. The summed E-state index contributed by atoms with van der Waals surface area (Å²) in [5.41, 5.74) is 3.10. The number of aromatic nitrogens is 3. The van der Waals surface area contributed by atoms with Crippen LogP contribution >= 0.6 is 0 Å². The van der Waals surface area contributed by atoms with Gasteiger partial charge in [0, 0.05) is 38.3 Å². The Hall–Kier alpha value is -3.02. The van der Waals surface area contributed by atoms with E-state index in [2.05, 4.69) is 20.5 Å². The number of hydrogen-bond acceptors (Lipinski definition) is 7. The van der Waals surface area contributed by atoms with Gasteiger partial charge >= 0.3 is 0 Å². The van der Waals surface area contributed by atoms with Crippen molar-refractivity contribution in [1.82, 2.24) is 19.3 Å². The molecule has 1 aliphatic heterocycles. The Bertz CT molecular complexity index is 1280. The van der Waals surface area contributed by atoms with E-state index in [1.54, 1.807) is 35.0 Å². The van der Waals surface area contributed by atoms with Gasteiger partial charge in [-0.05, 0) is 57.2 Å². The summed E-state index contributed by atoms with van der Waals surface area (Å²) in [6, 6.07) is 10.1. The number of amides is 1. The summed E-state index contributed by atoms with van der Waals surface area (Å²) < 4.78 is 34.9. The quantitative estimate of drug-likeness (QED) is 0.521. The van der Waals surface area contributed by atoms with Crippen molar-refractivity contribution in [2.45, 2.75) is 32.2 Å². The molecule has 1 amide bonds. The summed E-state index contributed by atoms with van der Waals surface area (Å²) in [5.74, 6) is -0.345. The summed E-state index contributed by atoms with van der Waals surface area (Å²) in [6.07, 6.45) is 0. The Morgan fingerprint density at radius 2 is 1.82 bits per heavy atom. The Balaban J connectivity index is 1.69. The highest BCUT2D eigenvalue weighted by atomic mass is 32.2. The van der Waals surface area contributed by atoms with E-state index in [9.17, 15) is 13.2 Å². The summed E-state index contributed by atoms with van der Waals surface area (Å²) in [4.78, 5) is 15.4. The average Bonchev–Trinajstić information content (AvgIpc) is 3.28. The number of carbonyl (C=O) groups excluding carboxylic acids is 1. The fourth-order valence-corrected chi connectivity index (χ4v) is 5.53. The summed E-state index contributed by atoms with van der Waals surface area (Å²) in [6.45, 7) is 9.44. The van der Waals surface area contributed by atoms with Gasteiger partial charge in [0.1, 0.15) is 5.52 Å². The molecule has 3 aromatic rings. The molecule has 0 bridgehead atoms. The highest BCUT2D eigenvalue weighted by Gasteiger charge is 2.27. The van der Waals surface area contributed by atoms with Gasteiger partial charge < -0.3 is 15.0 Å². The van der Waals surface area contributed by atoms with Crippen molar-refractivity contribution in [2.75, 3.05) is 49.6 Å². The molecule has 2 aromatic carbocycles. The van der Waals surface area contributed by atoms with Crippen LogP contribution in [0.15, 0.2) is 41.3 Å². The second-order valence-electron chi connectivity index (χ2n) is 7.93. The van der Waals surface area contributed by atoms with Gasteiger partial charge in [-0.15, -0.1) is 5.10 Å². The lowest BCUT2D eigenvalue weighted by molar-refractivity contribution is 0.0730. The van der Waals surface area contributed by atoms with Gasteiger partial charge in [-0.1, -0.05) is 5.21 Å². The van der Waals surface area contributed by atoms with Crippen LogP contribution in [0.4, 0.5) is 11.4 Å². The van der Waals surface area contributed by atoms with E-state index in [1.165, 1.54) is 4.31 Å². The van der Waals surface area contributed by atoms with E-state index < -0.39 is 10.0 Å². The zero-order valence-corrected chi connectivity index (χ0v) is 20.5. The predicted octanol–water partition coefficient (Wildman–Crippen LogP) is 2.57. The molecule has 2 heterocycles. The van der Waals surface area contributed by atoms with Crippen LogP contribution in [0.1, 0.15) is 31.1 Å². The van der Waals surface area contributed by atoms with Crippen molar-refractivity contribution >= 4 is 38.3 Å². The molecular formula is C23H30N6O4S. The zero-order valence-electron chi connectivity index (χ0n) is 19.7. The largest absolute Gasteiger partial charge is 0.379 e. The second kappa shape index (κ2) is 10.1. The molecule has 1 saturated heterocycles. The molecule has 1 aliphatic rings. The van der Waals surface area contributed by atoms with Crippen molar-refractivity contribution in [1.29, 1.82) is 0 Å². The molecule has 10 nitrogen and oxygen atoms in total. The van der Waals surface area contributed by atoms with Crippen molar-refractivity contribution in [3.63, 3.8) is 0 Å². The molecule has 4 rings (SSSR count). The van der Waals surface area contributed by atoms with Crippen LogP contribution in [-0.4, -0.2) is 73.0 Å². The smallest absolute Gasteiger partial charge is 0.255 e. The molecule has 1 aromatic heterocycles. The molecule has 0 atom stereocenters. The minimum Gasteiger partial charge on any atom is -0.379 e. The van der Waals surface area contributed by atoms with Crippen LogP contribution in [0, 0.1) is 0 Å². The van der Waals surface area contributed by atoms with Gasteiger partial charge in [0.25, 0.3) is 5.91 Å². The first-order valence-corrected chi connectivity index (χ1v) is 12.9. The SMILES string of the molecule is CCN(CC)c1ccc(S(=O)(=O)N2CCOCC2)cc1NC(=O)c1ccc2c(c1)nnn2CC. The first-order valence-electron chi connectivity index (χ1n) is 11.5. The summed E-state index contributed by atoms with van der Waals surface area (Å²) in [5, 5.41) is 11.2. The number of hydrogen-bond donors (Lipinski definition) is 1. The van der Waals surface area contributed by atoms with E-state index in [-0.39, 0.29) is 10.8 Å². The maximum absolute atomic E-state index is 13.2. The van der Waals surface area contributed by atoms with Gasteiger partial charge in [-0.25, -0.2) is 13.1 Å². The fourth-order valence-electron chi connectivity index (χ4n) is 4.09. The number of nitrogens with zero attached hydrogens (tertiary/aromatic N) is 5. The summed E-state index contributed by atoms with van der Waals surface area (Å²) >= 11 is 0. The van der Waals surface area contributed by atoms with E-state index in [1.807, 2.05) is 26.8 Å². The predicted molar refractivity (Wildman–Crippen MR) is 131 cm³/mol. The zero-order chi connectivity index (χ0) is 24.3. The molecule has 0 aliphatic carbocycles. The Kier molecular flexibility index (Phi) is 7.15. The number of aryl methyl sites for hydroxylation is 1. The normalized spacial score (nSPS) is 14.9. The molecular weight excluding hydrogens is 456 g/mol. The fraction of sp³-hybridized carbons (Fsp3) is 0.435. The monoisotopic (exact) mass is 486 g/mol. The standard InChI is InChI=1S/C23H30N6O4S/c1-4-27(5-2)21-10-8-18(34(31,32)28-11-13-33-14-12-28)16-19(21)24-23(30)17-7-9-22-20(15-17)25-26-29(22)6-3/h7-10,15-16H,4-6,11-14H2,1-3H3,(H,24,30). The van der Waals surface area contributed by atoms with Crippen molar-refractivity contribution in [2.24, 2.45) is 0 Å². The van der Waals surface area contributed by atoms with Crippen molar-refractivity contribution in [3.8, 4) is 0 Å². The lowest BCUT2D eigenvalue weighted by Gasteiger charge is -2.28. The minimum absolute atomic E-state index is 0.141. The summed E-state index contributed by atoms with van der Waals surface area (Å²) in [7, 11) is -3.71. The van der Waals surface area contributed by atoms with E-state index in [0.717, 1.165) is 11.2 Å². The third kappa shape index (κ3) is 4.63. The Labute approximate surface area is 199 Å². The van der Waals surface area contributed by atoms with Crippen molar-refractivity contribution < 1.29 is 17.9 Å². The molecule has 0 unspecified atom stereocenters. The number of anilines is 2. The number of ether oxygens (including phenoxy) is 1. The first-order chi connectivity index (χ1) is 16.4. The number of benzene rings is 2. The van der Waals surface area contributed by atoms with Crippen molar-refractivity contribution in [3.05, 3.63) is 42.0 Å². The van der Waals surface area contributed by atoms with Gasteiger partial charge in [-0.3, -0.25) is 4.79 Å². The van der Waals surface area contributed by atoms with Gasteiger partial charge in [0.2, 0.25) is 10.0 Å².